The van der Waals surface area contributed by atoms with E-state index in [0.29, 0.717) is 20.9 Å². The maximum absolute atomic E-state index is 11.6. The number of Topliss-reactive ketones (excluding diaryl/α,β-unsaturated/α-hetero) is 1. The zero-order valence-electron chi connectivity index (χ0n) is 9.95. The van der Waals surface area contributed by atoms with E-state index in [1.165, 1.54) is 6.92 Å². The van der Waals surface area contributed by atoms with Crippen molar-refractivity contribution in [2.45, 2.75) is 13.8 Å². The quantitative estimate of drug-likeness (QED) is 0.867. The van der Waals surface area contributed by atoms with Gasteiger partial charge in [0.2, 0.25) is 0 Å². The van der Waals surface area contributed by atoms with Gasteiger partial charge < -0.3 is 5.73 Å². The molecule has 5 heteroatoms. The van der Waals surface area contributed by atoms with Gasteiger partial charge >= 0.3 is 0 Å². The van der Waals surface area contributed by atoms with Gasteiger partial charge in [-0.25, -0.2) is 4.98 Å². The second-order valence-electron chi connectivity index (χ2n) is 4.12. The Labute approximate surface area is 112 Å². The summed E-state index contributed by atoms with van der Waals surface area (Å²) in [6.07, 6.45) is 0. The minimum Gasteiger partial charge on any atom is -0.364 e. The third kappa shape index (κ3) is 2.13. The molecule has 1 heterocycles. The van der Waals surface area contributed by atoms with E-state index in [9.17, 15) is 9.59 Å². The molecule has 1 aromatic heterocycles. The van der Waals surface area contributed by atoms with Crippen molar-refractivity contribution in [1.29, 1.82) is 0 Å². The van der Waals surface area contributed by atoms with Gasteiger partial charge in [-0.05, 0) is 53.5 Å². The molecule has 4 nitrogen and oxygen atoms in total. The molecule has 0 saturated carbocycles. The molecule has 0 unspecified atom stereocenters. The first-order chi connectivity index (χ1) is 8.40. The van der Waals surface area contributed by atoms with Gasteiger partial charge in [0.15, 0.2) is 5.78 Å². The van der Waals surface area contributed by atoms with Crippen LogP contribution in [0.15, 0.2) is 22.7 Å². The van der Waals surface area contributed by atoms with Gasteiger partial charge in [-0.1, -0.05) is 0 Å². The van der Waals surface area contributed by atoms with Crippen LogP contribution in [0.25, 0.3) is 10.9 Å². The Morgan fingerprint density at radius 2 is 1.94 bits per heavy atom. The normalized spacial score (nSPS) is 10.6. The Balaban J connectivity index is 2.88. The average Bonchev–Trinajstić information content (AvgIpc) is 2.27. The standard InChI is InChI=1S/C13H11BrN2O2/c1-6-3-8(7(2)17)9-5-10(14)12(13(15)18)16-11(9)4-6/h3-5H,1-2H3,(H2,15,18). The number of rotatable bonds is 2. The Morgan fingerprint density at radius 1 is 1.28 bits per heavy atom. The van der Waals surface area contributed by atoms with Crippen LogP contribution in [-0.4, -0.2) is 16.7 Å². The summed E-state index contributed by atoms with van der Waals surface area (Å²) in [5, 5.41) is 0.713. The fraction of sp³-hybridized carbons (Fsp3) is 0.154. The molecule has 92 valence electrons. The number of pyridine rings is 1. The van der Waals surface area contributed by atoms with Crippen molar-refractivity contribution < 1.29 is 9.59 Å². The number of hydrogen-bond acceptors (Lipinski definition) is 3. The van der Waals surface area contributed by atoms with E-state index >= 15 is 0 Å². The fourth-order valence-corrected chi connectivity index (χ4v) is 2.37. The molecule has 0 aliphatic carbocycles. The van der Waals surface area contributed by atoms with Crippen molar-refractivity contribution >= 4 is 38.5 Å². The van der Waals surface area contributed by atoms with Crippen LogP contribution in [0.1, 0.15) is 33.3 Å². The monoisotopic (exact) mass is 306 g/mol. The Kier molecular flexibility index (Phi) is 3.17. The number of carbonyl (C=O) groups is 2. The highest BCUT2D eigenvalue weighted by Gasteiger charge is 2.14. The van der Waals surface area contributed by atoms with Gasteiger partial charge in [-0.3, -0.25) is 9.59 Å². The molecule has 0 saturated heterocycles. The summed E-state index contributed by atoms with van der Waals surface area (Å²) < 4.78 is 0.494. The predicted molar refractivity (Wildman–Crippen MR) is 72.7 cm³/mol. The Morgan fingerprint density at radius 3 is 2.50 bits per heavy atom. The second kappa shape index (κ2) is 4.49. The molecule has 0 aliphatic rings. The molecule has 0 fully saturated rings. The van der Waals surface area contributed by atoms with E-state index in [2.05, 4.69) is 20.9 Å². The van der Waals surface area contributed by atoms with Crippen LogP contribution in [0.2, 0.25) is 0 Å². The van der Waals surface area contributed by atoms with Crippen molar-refractivity contribution in [3.8, 4) is 0 Å². The highest BCUT2D eigenvalue weighted by Crippen LogP contribution is 2.25. The van der Waals surface area contributed by atoms with E-state index in [1.54, 1.807) is 6.07 Å². The topological polar surface area (TPSA) is 73.1 Å². The summed E-state index contributed by atoms with van der Waals surface area (Å²) in [7, 11) is 0. The average molecular weight is 307 g/mol. The molecule has 2 N–H and O–H groups in total. The third-order valence-corrected chi connectivity index (χ3v) is 3.25. The van der Waals surface area contributed by atoms with Crippen LogP contribution in [0, 0.1) is 6.92 Å². The summed E-state index contributed by atoms with van der Waals surface area (Å²) in [4.78, 5) is 27.0. The maximum atomic E-state index is 11.6. The number of carbonyl (C=O) groups excluding carboxylic acids is 2. The van der Waals surface area contributed by atoms with Crippen molar-refractivity contribution in [2.75, 3.05) is 0 Å². The summed E-state index contributed by atoms with van der Waals surface area (Å²) in [6.45, 7) is 3.38. The van der Waals surface area contributed by atoms with Gasteiger partial charge in [0.25, 0.3) is 5.91 Å². The first kappa shape index (κ1) is 12.7. The van der Waals surface area contributed by atoms with Crippen LogP contribution >= 0.6 is 15.9 Å². The lowest BCUT2D eigenvalue weighted by molar-refractivity contribution is 0.0992. The Hall–Kier alpha value is -1.75. The molecule has 18 heavy (non-hydrogen) atoms. The summed E-state index contributed by atoms with van der Waals surface area (Å²) in [6, 6.07) is 5.34. The van der Waals surface area contributed by atoms with E-state index in [4.69, 9.17) is 5.73 Å². The smallest absolute Gasteiger partial charge is 0.268 e. The molecule has 1 aromatic carbocycles. The van der Waals surface area contributed by atoms with E-state index in [-0.39, 0.29) is 11.5 Å². The van der Waals surface area contributed by atoms with Crippen molar-refractivity contribution in [3.63, 3.8) is 0 Å². The molecule has 1 amide bonds. The van der Waals surface area contributed by atoms with Gasteiger partial charge in [0.05, 0.1) is 5.52 Å². The zero-order valence-corrected chi connectivity index (χ0v) is 11.5. The summed E-state index contributed by atoms with van der Waals surface area (Å²) in [5.41, 5.74) is 7.51. The van der Waals surface area contributed by atoms with E-state index in [1.807, 2.05) is 19.1 Å². The lowest BCUT2D eigenvalue weighted by Crippen LogP contribution is -2.14. The molecule has 2 aromatic rings. The molecule has 0 atom stereocenters. The zero-order chi connectivity index (χ0) is 13.4. The molecule has 0 radical (unpaired) electrons. The number of halogens is 1. The molecule has 0 aliphatic heterocycles. The van der Waals surface area contributed by atoms with Crippen LogP contribution in [0.3, 0.4) is 0 Å². The number of nitrogens with zero attached hydrogens (tertiary/aromatic N) is 1. The van der Waals surface area contributed by atoms with Crippen LogP contribution in [0.4, 0.5) is 0 Å². The lowest BCUT2D eigenvalue weighted by atomic mass is 10.0. The number of aryl methyl sites for hydroxylation is 1. The van der Waals surface area contributed by atoms with E-state index in [0.717, 1.165) is 5.56 Å². The number of aromatic nitrogens is 1. The van der Waals surface area contributed by atoms with Crippen molar-refractivity contribution in [2.24, 2.45) is 5.73 Å². The van der Waals surface area contributed by atoms with Crippen LogP contribution in [0.5, 0.6) is 0 Å². The summed E-state index contributed by atoms with van der Waals surface area (Å²) in [5.74, 6) is -0.640. The predicted octanol–water partition coefficient (Wildman–Crippen LogP) is 2.61. The van der Waals surface area contributed by atoms with Gasteiger partial charge in [0.1, 0.15) is 5.69 Å². The number of amides is 1. The van der Waals surface area contributed by atoms with E-state index < -0.39 is 5.91 Å². The van der Waals surface area contributed by atoms with Gasteiger partial charge in [0, 0.05) is 15.4 Å². The first-order valence-corrected chi connectivity index (χ1v) is 6.11. The number of hydrogen-bond donors (Lipinski definition) is 1. The van der Waals surface area contributed by atoms with Gasteiger partial charge in [-0.15, -0.1) is 0 Å². The SMILES string of the molecule is CC(=O)c1cc(C)cc2nc(C(N)=O)c(Br)cc12. The number of ketones is 1. The lowest BCUT2D eigenvalue weighted by Gasteiger charge is -2.08. The molecule has 0 bridgehead atoms. The Bertz CT molecular complexity index is 680. The molecule has 2 rings (SSSR count). The number of primary amides is 1. The maximum Gasteiger partial charge on any atom is 0.268 e. The fourth-order valence-electron chi connectivity index (χ4n) is 1.86. The molecule has 0 spiro atoms. The minimum absolute atomic E-state index is 0.0378. The first-order valence-electron chi connectivity index (χ1n) is 5.32. The summed E-state index contributed by atoms with van der Waals surface area (Å²) >= 11 is 3.25. The number of benzene rings is 1. The second-order valence-corrected chi connectivity index (χ2v) is 4.97. The third-order valence-electron chi connectivity index (χ3n) is 2.64. The minimum atomic E-state index is -0.602. The molecular formula is C13H11BrN2O2. The largest absolute Gasteiger partial charge is 0.364 e. The highest BCUT2D eigenvalue weighted by molar-refractivity contribution is 9.10. The van der Waals surface area contributed by atoms with Gasteiger partial charge in [-0.2, -0.15) is 0 Å². The number of nitrogens with two attached hydrogens (primary N) is 1. The molecular weight excluding hydrogens is 296 g/mol. The van der Waals surface area contributed by atoms with Crippen LogP contribution in [-0.2, 0) is 0 Å². The van der Waals surface area contributed by atoms with Crippen LogP contribution < -0.4 is 5.73 Å². The number of fused-ring (bicyclic) bond motifs is 1. The van der Waals surface area contributed by atoms with Crippen molar-refractivity contribution in [3.05, 3.63) is 39.5 Å². The van der Waals surface area contributed by atoms with Crippen molar-refractivity contribution in [1.82, 2.24) is 4.98 Å². The highest BCUT2D eigenvalue weighted by atomic mass is 79.9.